The Morgan fingerprint density at radius 3 is 1.62 bits per heavy atom. The van der Waals surface area contributed by atoms with Gasteiger partial charge < -0.3 is 0 Å². The first-order chi connectivity index (χ1) is 7.39. The molecule has 0 aliphatic heterocycles. The lowest BCUT2D eigenvalue weighted by Crippen LogP contribution is -2.63. The molecule has 0 aliphatic rings. The number of hydrogen-bond acceptors (Lipinski definition) is 3. The first-order valence-electron chi connectivity index (χ1n) is 5.91. The topological polar surface area (TPSA) is 9.72 Å². The van der Waals surface area contributed by atoms with E-state index in [1.807, 2.05) is 0 Å². The SMILES string of the molecule is CCCCC#CC(N(C)C)(N(C)C)N(C)C. The Balaban J connectivity index is 4.95. The van der Waals surface area contributed by atoms with E-state index in [2.05, 4.69) is 75.8 Å². The second-order valence-corrected chi connectivity index (χ2v) is 4.72. The van der Waals surface area contributed by atoms with E-state index in [1.54, 1.807) is 0 Å². The van der Waals surface area contributed by atoms with Gasteiger partial charge in [-0.1, -0.05) is 19.3 Å². The first kappa shape index (κ1) is 15.4. The van der Waals surface area contributed by atoms with Gasteiger partial charge >= 0.3 is 0 Å². The van der Waals surface area contributed by atoms with Gasteiger partial charge in [-0.3, -0.25) is 14.7 Å². The molecular weight excluding hydrogens is 198 g/mol. The number of hydrogen-bond donors (Lipinski definition) is 0. The molecule has 16 heavy (non-hydrogen) atoms. The third kappa shape index (κ3) is 3.48. The molecule has 0 unspecified atom stereocenters. The Morgan fingerprint density at radius 2 is 1.31 bits per heavy atom. The summed E-state index contributed by atoms with van der Waals surface area (Å²) in [6, 6.07) is 0. The minimum absolute atomic E-state index is 0.312. The lowest BCUT2D eigenvalue weighted by atomic mass is 10.2. The van der Waals surface area contributed by atoms with Gasteiger partial charge in [-0.2, -0.15) is 0 Å². The van der Waals surface area contributed by atoms with Crippen molar-refractivity contribution in [3.8, 4) is 11.8 Å². The maximum Gasteiger partial charge on any atom is 0.194 e. The quantitative estimate of drug-likeness (QED) is 0.399. The largest absolute Gasteiger partial charge is 0.268 e. The maximum absolute atomic E-state index is 3.39. The zero-order chi connectivity index (χ0) is 12.8. The van der Waals surface area contributed by atoms with Crippen LogP contribution in [0.15, 0.2) is 0 Å². The first-order valence-corrected chi connectivity index (χ1v) is 5.91. The Labute approximate surface area is 101 Å². The number of unbranched alkanes of at least 4 members (excludes halogenated alkanes) is 2. The van der Waals surface area contributed by atoms with Crippen molar-refractivity contribution in [3.05, 3.63) is 0 Å². The fourth-order valence-corrected chi connectivity index (χ4v) is 1.98. The highest BCUT2D eigenvalue weighted by atomic mass is 15.5. The third-order valence-electron chi connectivity index (χ3n) is 2.78. The van der Waals surface area contributed by atoms with Crippen LogP contribution >= 0.6 is 0 Å². The summed E-state index contributed by atoms with van der Waals surface area (Å²) in [6.07, 6.45) is 3.36. The van der Waals surface area contributed by atoms with E-state index in [0.29, 0.717) is 0 Å². The fraction of sp³-hybridized carbons (Fsp3) is 0.846. The van der Waals surface area contributed by atoms with Crippen molar-refractivity contribution in [3.63, 3.8) is 0 Å². The summed E-state index contributed by atoms with van der Waals surface area (Å²) in [6.45, 7) is 2.19. The lowest BCUT2D eigenvalue weighted by molar-refractivity contribution is -0.0570. The summed E-state index contributed by atoms with van der Waals surface area (Å²) in [5, 5.41) is 0. The van der Waals surface area contributed by atoms with Crippen LogP contribution in [0.25, 0.3) is 0 Å². The zero-order valence-electron chi connectivity index (χ0n) is 12.0. The standard InChI is InChI=1S/C13H27N3/c1-8-9-10-11-12-13(14(2)3,15(4)5)16(6)7/h8-10H2,1-7H3. The molecule has 94 valence electrons. The Hall–Kier alpha value is -0.560. The zero-order valence-corrected chi connectivity index (χ0v) is 12.0. The molecule has 0 aromatic rings. The van der Waals surface area contributed by atoms with E-state index in [9.17, 15) is 0 Å². The van der Waals surface area contributed by atoms with Crippen LogP contribution in [0.1, 0.15) is 26.2 Å². The van der Waals surface area contributed by atoms with Gasteiger partial charge in [0.2, 0.25) is 0 Å². The summed E-state index contributed by atoms with van der Waals surface area (Å²) in [4.78, 5) is 6.43. The van der Waals surface area contributed by atoms with Crippen LogP contribution in [0.5, 0.6) is 0 Å². The van der Waals surface area contributed by atoms with Gasteiger partial charge in [0.25, 0.3) is 0 Å². The maximum atomic E-state index is 3.39. The van der Waals surface area contributed by atoms with Crippen LogP contribution in [0.4, 0.5) is 0 Å². The van der Waals surface area contributed by atoms with Crippen LogP contribution in [0.3, 0.4) is 0 Å². The van der Waals surface area contributed by atoms with Crippen LogP contribution in [0, 0.1) is 11.8 Å². The normalized spacial score (nSPS) is 12.1. The molecule has 0 radical (unpaired) electrons. The highest BCUT2D eigenvalue weighted by Gasteiger charge is 2.35. The summed E-state index contributed by atoms with van der Waals surface area (Å²) in [7, 11) is 12.4. The molecule has 3 nitrogen and oxygen atoms in total. The highest BCUT2D eigenvalue weighted by Crippen LogP contribution is 2.17. The van der Waals surface area contributed by atoms with Crippen LogP contribution in [0.2, 0.25) is 0 Å². The molecule has 0 fully saturated rings. The van der Waals surface area contributed by atoms with Gasteiger partial charge in [0.05, 0.1) is 0 Å². The molecule has 0 spiro atoms. The van der Waals surface area contributed by atoms with Gasteiger partial charge in [0.1, 0.15) is 0 Å². The summed E-state index contributed by atoms with van der Waals surface area (Å²) < 4.78 is 0. The van der Waals surface area contributed by atoms with Crippen LogP contribution in [-0.4, -0.2) is 62.8 Å². The Kier molecular flexibility index (Phi) is 6.66. The van der Waals surface area contributed by atoms with Gasteiger partial charge in [0.15, 0.2) is 5.79 Å². The molecule has 0 aromatic heterocycles. The van der Waals surface area contributed by atoms with Crippen molar-refractivity contribution >= 4 is 0 Å². The highest BCUT2D eigenvalue weighted by molar-refractivity contribution is 5.15. The Bertz CT molecular complexity index is 224. The van der Waals surface area contributed by atoms with Gasteiger partial charge in [-0.05, 0) is 54.6 Å². The van der Waals surface area contributed by atoms with Crippen molar-refractivity contribution in [1.29, 1.82) is 0 Å². The molecule has 0 saturated carbocycles. The third-order valence-corrected chi connectivity index (χ3v) is 2.78. The summed E-state index contributed by atoms with van der Waals surface area (Å²) in [5.74, 6) is 6.38. The molecule has 0 heterocycles. The minimum atomic E-state index is -0.312. The van der Waals surface area contributed by atoms with E-state index in [4.69, 9.17) is 0 Å². The minimum Gasteiger partial charge on any atom is -0.268 e. The molecule has 0 rings (SSSR count). The Morgan fingerprint density at radius 1 is 0.875 bits per heavy atom. The van der Waals surface area contributed by atoms with Crippen molar-refractivity contribution < 1.29 is 0 Å². The van der Waals surface area contributed by atoms with Crippen molar-refractivity contribution in [1.82, 2.24) is 14.7 Å². The molecular formula is C13H27N3. The van der Waals surface area contributed by atoms with Gasteiger partial charge in [-0.15, -0.1) is 0 Å². The lowest BCUT2D eigenvalue weighted by Gasteiger charge is -2.45. The molecule has 0 saturated heterocycles. The van der Waals surface area contributed by atoms with E-state index < -0.39 is 0 Å². The van der Waals surface area contributed by atoms with Gasteiger partial charge in [0, 0.05) is 6.42 Å². The van der Waals surface area contributed by atoms with Crippen LogP contribution in [-0.2, 0) is 0 Å². The molecule has 0 aliphatic carbocycles. The van der Waals surface area contributed by atoms with Crippen molar-refractivity contribution in [2.45, 2.75) is 32.0 Å². The molecule has 0 amide bonds. The van der Waals surface area contributed by atoms with E-state index in [0.717, 1.165) is 6.42 Å². The fourth-order valence-electron chi connectivity index (χ4n) is 1.98. The predicted molar refractivity (Wildman–Crippen MR) is 71.1 cm³/mol. The number of rotatable bonds is 5. The smallest absolute Gasteiger partial charge is 0.194 e. The molecule has 0 N–H and O–H groups in total. The van der Waals surface area contributed by atoms with E-state index in [1.165, 1.54) is 12.8 Å². The molecule has 0 aromatic carbocycles. The summed E-state index contributed by atoms with van der Waals surface area (Å²) >= 11 is 0. The predicted octanol–water partition coefficient (Wildman–Crippen LogP) is 1.52. The van der Waals surface area contributed by atoms with Crippen molar-refractivity contribution in [2.24, 2.45) is 0 Å². The number of nitrogens with zero attached hydrogens (tertiary/aromatic N) is 3. The van der Waals surface area contributed by atoms with Crippen molar-refractivity contribution in [2.75, 3.05) is 42.3 Å². The second-order valence-electron chi connectivity index (χ2n) is 4.72. The van der Waals surface area contributed by atoms with Crippen LogP contribution < -0.4 is 0 Å². The monoisotopic (exact) mass is 225 g/mol. The molecule has 0 atom stereocenters. The summed E-state index contributed by atoms with van der Waals surface area (Å²) in [5.41, 5.74) is 0. The van der Waals surface area contributed by atoms with Gasteiger partial charge in [-0.25, -0.2) is 0 Å². The average molecular weight is 225 g/mol. The molecule has 3 heteroatoms. The van der Waals surface area contributed by atoms with E-state index >= 15 is 0 Å². The van der Waals surface area contributed by atoms with E-state index in [-0.39, 0.29) is 5.79 Å². The second kappa shape index (κ2) is 6.90. The average Bonchev–Trinajstić information content (AvgIpc) is 2.16. The molecule has 0 bridgehead atoms.